The van der Waals surface area contributed by atoms with E-state index >= 15 is 0 Å². The highest BCUT2D eigenvalue weighted by atomic mass is 35.5. The molecule has 0 N–H and O–H groups in total. The highest BCUT2D eigenvalue weighted by Gasteiger charge is 2.27. The quantitative estimate of drug-likeness (QED) is 0.863. The fourth-order valence-corrected chi connectivity index (χ4v) is 3.29. The average Bonchev–Trinajstić information content (AvgIpc) is 3.03. The van der Waals surface area contributed by atoms with Crippen molar-refractivity contribution in [3.05, 3.63) is 47.1 Å². The lowest BCUT2D eigenvalue weighted by Crippen LogP contribution is -2.39. The highest BCUT2D eigenvalue weighted by molar-refractivity contribution is 6.30. The van der Waals surface area contributed by atoms with E-state index in [2.05, 4.69) is 26.1 Å². The Morgan fingerprint density at radius 1 is 1.43 bits per heavy atom. The molecule has 3 rings (SSSR count). The first-order chi connectivity index (χ1) is 11.2. The molecule has 1 fully saturated rings. The van der Waals surface area contributed by atoms with Crippen LogP contribution in [0.3, 0.4) is 0 Å². The summed E-state index contributed by atoms with van der Waals surface area (Å²) in [6, 6.07) is 11.9. The molecule has 1 unspecified atom stereocenters. The second-order valence-electron chi connectivity index (χ2n) is 5.73. The number of benzene rings is 1. The maximum Gasteiger partial charge on any atom is 0.151 e. The van der Waals surface area contributed by atoms with Crippen molar-refractivity contribution in [3.8, 4) is 6.07 Å². The summed E-state index contributed by atoms with van der Waals surface area (Å²) in [5.41, 5.74) is 1.51. The van der Waals surface area contributed by atoms with Crippen LogP contribution in [0, 0.1) is 11.3 Å². The molecule has 0 saturated carbocycles. The third kappa shape index (κ3) is 3.38. The van der Waals surface area contributed by atoms with Crippen molar-refractivity contribution in [2.75, 3.05) is 29.9 Å². The number of nitrogens with zero attached hydrogens (tertiary/aromatic N) is 5. The first-order valence-corrected chi connectivity index (χ1v) is 8.02. The van der Waals surface area contributed by atoms with Crippen molar-refractivity contribution in [1.29, 1.82) is 5.26 Å². The van der Waals surface area contributed by atoms with Crippen LogP contribution in [0.1, 0.15) is 18.4 Å². The van der Waals surface area contributed by atoms with Crippen LogP contribution in [0.5, 0.6) is 0 Å². The lowest BCUT2D eigenvalue weighted by molar-refractivity contribution is 0.646. The van der Waals surface area contributed by atoms with Crippen molar-refractivity contribution in [1.82, 2.24) is 10.2 Å². The molecule has 1 aliphatic heterocycles. The van der Waals surface area contributed by atoms with Gasteiger partial charge in [-0.15, -0.1) is 5.10 Å². The molecule has 6 heteroatoms. The minimum Gasteiger partial charge on any atom is -0.371 e. The predicted molar refractivity (Wildman–Crippen MR) is 91.8 cm³/mol. The minimum absolute atomic E-state index is 0.360. The molecular weight excluding hydrogens is 310 g/mol. The van der Waals surface area contributed by atoms with E-state index in [0.29, 0.717) is 16.6 Å². The van der Waals surface area contributed by atoms with Crippen LogP contribution in [0.15, 0.2) is 36.5 Å². The SMILES string of the molecule is CN(CC1CCCN1c1cccnn1)c1ccc(Cl)cc1C#N. The van der Waals surface area contributed by atoms with Gasteiger partial charge in [0.1, 0.15) is 6.07 Å². The Labute approximate surface area is 141 Å². The van der Waals surface area contributed by atoms with E-state index in [-0.39, 0.29) is 0 Å². The zero-order valence-corrected chi connectivity index (χ0v) is 13.7. The lowest BCUT2D eigenvalue weighted by Gasteiger charge is -2.30. The fraction of sp³-hybridized carbons (Fsp3) is 0.353. The number of hydrogen-bond donors (Lipinski definition) is 0. The molecule has 2 heterocycles. The average molecular weight is 328 g/mol. The molecule has 1 aromatic carbocycles. The largest absolute Gasteiger partial charge is 0.371 e. The van der Waals surface area contributed by atoms with Crippen LogP contribution in [0.4, 0.5) is 11.5 Å². The van der Waals surface area contributed by atoms with Gasteiger partial charge in [0.05, 0.1) is 11.3 Å². The van der Waals surface area contributed by atoms with Crippen LogP contribution >= 0.6 is 11.6 Å². The molecule has 0 aliphatic carbocycles. The second kappa shape index (κ2) is 6.84. The summed E-state index contributed by atoms with van der Waals surface area (Å²) < 4.78 is 0. The summed E-state index contributed by atoms with van der Waals surface area (Å²) in [5, 5.41) is 18.1. The number of aromatic nitrogens is 2. The number of rotatable bonds is 4. The van der Waals surface area contributed by atoms with Gasteiger partial charge in [-0.25, -0.2) is 0 Å². The summed E-state index contributed by atoms with van der Waals surface area (Å²) in [5.74, 6) is 0.917. The van der Waals surface area contributed by atoms with E-state index in [0.717, 1.165) is 37.4 Å². The highest BCUT2D eigenvalue weighted by Crippen LogP contribution is 2.27. The zero-order valence-electron chi connectivity index (χ0n) is 13.0. The van der Waals surface area contributed by atoms with Gasteiger partial charge in [0.25, 0.3) is 0 Å². The number of nitriles is 1. The molecule has 1 saturated heterocycles. The molecule has 1 atom stereocenters. The Hall–Kier alpha value is -2.32. The Bertz CT molecular complexity index is 713. The van der Waals surface area contributed by atoms with Gasteiger partial charge in [-0.2, -0.15) is 10.4 Å². The van der Waals surface area contributed by atoms with Crippen molar-refractivity contribution < 1.29 is 0 Å². The minimum atomic E-state index is 0.360. The maximum absolute atomic E-state index is 9.32. The van der Waals surface area contributed by atoms with Gasteiger partial charge in [-0.1, -0.05) is 11.6 Å². The number of anilines is 2. The first-order valence-electron chi connectivity index (χ1n) is 7.64. The Morgan fingerprint density at radius 3 is 3.04 bits per heavy atom. The molecule has 0 radical (unpaired) electrons. The van der Waals surface area contributed by atoms with Gasteiger partial charge in [0.15, 0.2) is 5.82 Å². The van der Waals surface area contributed by atoms with Crippen molar-refractivity contribution in [2.24, 2.45) is 0 Å². The monoisotopic (exact) mass is 327 g/mol. The van der Waals surface area contributed by atoms with E-state index in [1.807, 2.05) is 31.3 Å². The van der Waals surface area contributed by atoms with E-state index < -0.39 is 0 Å². The molecule has 0 amide bonds. The van der Waals surface area contributed by atoms with Crippen LogP contribution in [-0.4, -0.2) is 36.4 Å². The molecule has 0 spiro atoms. The van der Waals surface area contributed by atoms with Crippen molar-refractivity contribution >= 4 is 23.1 Å². The number of likely N-dealkylation sites (N-methyl/N-ethyl adjacent to an activating group) is 1. The van der Waals surface area contributed by atoms with Gasteiger partial charge in [-0.05, 0) is 43.2 Å². The molecule has 1 aliphatic rings. The number of halogens is 1. The van der Waals surface area contributed by atoms with E-state index in [9.17, 15) is 5.26 Å². The molecule has 1 aromatic heterocycles. The normalized spacial score (nSPS) is 17.1. The van der Waals surface area contributed by atoms with E-state index in [1.165, 1.54) is 0 Å². The second-order valence-corrected chi connectivity index (χ2v) is 6.16. The number of hydrogen-bond acceptors (Lipinski definition) is 5. The van der Waals surface area contributed by atoms with Crippen LogP contribution in [0.25, 0.3) is 0 Å². The summed E-state index contributed by atoms with van der Waals surface area (Å²) in [7, 11) is 2.01. The molecule has 118 valence electrons. The molecule has 0 bridgehead atoms. The van der Waals surface area contributed by atoms with Crippen molar-refractivity contribution in [3.63, 3.8) is 0 Å². The summed E-state index contributed by atoms with van der Waals surface area (Å²) in [4.78, 5) is 4.42. The Morgan fingerprint density at radius 2 is 2.30 bits per heavy atom. The molecule has 23 heavy (non-hydrogen) atoms. The van der Waals surface area contributed by atoms with Crippen LogP contribution in [-0.2, 0) is 0 Å². The molecule has 2 aromatic rings. The smallest absolute Gasteiger partial charge is 0.151 e. The molecule has 5 nitrogen and oxygen atoms in total. The van der Waals surface area contributed by atoms with E-state index in [4.69, 9.17) is 11.6 Å². The first kappa shape index (κ1) is 15.6. The van der Waals surface area contributed by atoms with Crippen LogP contribution in [0.2, 0.25) is 5.02 Å². The topological polar surface area (TPSA) is 56.1 Å². The van der Waals surface area contributed by atoms with E-state index in [1.54, 1.807) is 12.3 Å². The summed E-state index contributed by atoms with van der Waals surface area (Å²) >= 11 is 5.98. The Balaban J connectivity index is 1.77. The van der Waals surface area contributed by atoms with Gasteiger partial charge >= 0.3 is 0 Å². The van der Waals surface area contributed by atoms with Gasteiger partial charge in [0, 0.05) is 37.4 Å². The fourth-order valence-electron chi connectivity index (χ4n) is 3.12. The third-order valence-electron chi connectivity index (χ3n) is 4.20. The van der Waals surface area contributed by atoms with Crippen molar-refractivity contribution in [2.45, 2.75) is 18.9 Å². The standard InChI is InChI=1S/C17H18ClN5/c1-22(16-7-6-14(18)10-13(16)11-19)12-15-4-3-9-23(15)17-5-2-8-20-21-17/h2,5-8,10,15H,3-4,9,12H2,1H3. The summed E-state index contributed by atoms with van der Waals surface area (Å²) in [6.07, 6.45) is 3.94. The molecular formula is C17H18ClN5. The predicted octanol–water partition coefficient (Wildman–Crippen LogP) is 3.11. The van der Waals surface area contributed by atoms with Gasteiger partial charge in [0.2, 0.25) is 0 Å². The maximum atomic E-state index is 9.32. The summed E-state index contributed by atoms with van der Waals surface area (Å²) in [6.45, 7) is 1.82. The third-order valence-corrected chi connectivity index (χ3v) is 4.44. The zero-order chi connectivity index (χ0) is 16.2. The van der Waals surface area contributed by atoms with Crippen LogP contribution < -0.4 is 9.80 Å². The van der Waals surface area contributed by atoms with Gasteiger partial charge in [-0.3, -0.25) is 0 Å². The Kier molecular flexibility index (Phi) is 4.63. The lowest BCUT2D eigenvalue weighted by atomic mass is 10.1. The van der Waals surface area contributed by atoms with Gasteiger partial charge < -0.3 is 9.80 Å².